The number of hydrogen-bond acceptors (Lipinski definition) is 0. The van der Waals surface area contributed by atoms with E-state index in [0.29, 0.717) is 0 Å². The lowest BCUT2D eigenvalue weighted by atomic mass is 9.41. The predicted molar refractivity (Wildman–Crippen MR) is 197 cm³/mol. The fourth-order valence-electron chi connectivity index (χ4n) is 21.3. The molecular weight excluding hydrogens is 596 g/mol. The van der Waals surface area contributed by atoms with Crippen molar-refractivity contribution < 1.29 is 4.39 Å². The molecule has 0 saturated heterocycles. The molecule has 12 saturated carbocycles. The van der Waals surface area contributed by atoms with E-state index in [1.54, 1.807) is 116 Å². The summed E-state index contributed by atoms with van der Waals surface area (Å²) in [6.45, 7) is 0. The molecule has 12 aliphatic rings. The number of alkyl halides is 1. The molecule has 0 amide bonds. The number of rotatable bonds is 2. The van der Waals surface area contributed by atoms with Gasteiger partial charge < -0.3 is 0 Å². The topological polar surface area (TPSA) is 0 Å². The Labute approximate surface area is 300 Å². The summed E-state index contributed by atoms with van der Waals surface area (Å²) in [4.78, 5) is 0. The number of halogens is 1. The molecule has 0 aromatic carbocycles. The maximum Gasteiger partial charge on any atom is 0.100 e. The molecule has 12 rings (SSSR count). The summed E-state index contributed by atoms with van der Waals surface area (Å²) in [7, 11) is 0. The van der Waals surface area contributed by atoms with Gasteiger partial charge in [0.1, 0.15) is 6.17 Å². The van der Waals surface area contributed by atoms with E-state index in [4.69, 9.17) is 0 Å². The quantitative estimate of drug-likeness (QED) is 0.275. The molecule has 1 heteroatoms. The van der Waals surface area contributed by atoms with Gasteiger partial charge in [0, 0.05) is 0 Å². The highest BCUT2D eigenvalue weighted by Crippen LogP contribution is 2.77. The summed E-state index contributed by atoms with van der Waals surface area (Å²) in [5.74, 6) is 23.3. The highest BCUT2D eigenvalue weighted by Gasteiger charge is 2.72. The minimum Gasteiger partial charge on any atom is -0.247 e. The summed E-state index contributed by atoms with van der Waals surface area (Å²) in [6.07, 6.45) is 37.6. The first-order valence-electron chi connectivity index (χ1n) is 23.9. The minimum absolute atomic E-state index is 0.477. The summed E-state index contributed by atoms with van der Waals surface area (Å²) in [6, 6.07) is 0. The second kappa shape index (κ2) is 12.0. The molecule has 272 valence electrons. The molecule has 49 heavy (non-hydrogen) atoms. The summed E-state index contributed by atoms with van der Waals surface area (Å²) < 4.78 is 15.2. The van der Waals surface area contributed by atoms with E-state index >= 15 is 4.39 Å². The maximum atomic E-state index is 15.2. The van der Waals surface area contributed by atoms with Crippen LogP contribution < -0.4 is 0 Å². The van der Waals surface area contributed by atoms with Crippen LogP contribution in [0.1, 0.15) is 161 Å². The third kappa shape index (κ3) is 4.44. The third-order valence-electron chi connectivity index (χ3n) is 21.7. The second-order valence-corrected chi connectivity index (χ2v) is 22.5. The van der Waals surface area contributed by atoms with Crippen molar-refractivity contribution >= 4 is 0 Å². The first-order valence-corrected chi connectivity index (χ1v) is 23.9. The molecule has 21 atom stereocenters. The van der Waals surface area contributed by atoms with Crippen LogP contribution in [-0.4, -0.2) is 6.17 Å². The Bertz CT molecular complexity index is 1230. The highest BCUT2D eigenvalue weighted by atomic mass is 19.1. The first kappa shape index (κ1) is 31.3. The smallest absolute Gasteiger partial charge is 0.100 e. The van der Waals surface area contributed by atoms with Crippen LogP contribution in [0, 0.1) is 130 Å². The van der Waals surface area contributed by atoms with Crippen molar-refractivity contribution in [2.75, 3.05) is 0 Å². The van der Waals surface area contributed by atoms with Crippen molar-refractivity contribution in [3.63, 3.8) is 0 Å². The fraction of sp³-hybridized carbons (Fsp3) is 1.00. The normalized spacial score (nSPS) is 60.8. The SMILES string of the molecule is FC1CCC2C(C1)C1CCCC3C1C2CC1C(C2CCCCC2)C2C4CC5CCCC6CCC7CCC(C4C7C65)C2C(C2CCCCC2)C31. The van der Waals surface area contributed by atoms with Gasteiger partial charge in [-0.3, -0.25) is 0 Å². The number of fused-ring (bicyclic) bond motifs is 8. The van der Waals surface area contributed by atoms with Gasteiger partial charge >= 0.3 is 0 Å². The zero-order valence-corrected chi connectivity index (χ0v) is 31.3. The molecule has 0 aromatic heterocycles. The van der Waals surface area contributed by atoms with Gasteiger partial charge in [0.25, 0.3) is 0 Å². The van der Waals surface area contributed by atoms with Crippen LogP contribution in [0.25, 0.3) is 0 Å². The van der Waals surface area contributed by atoms with E-state index in [9.17, 15) is 0 Å². The zero-order valence-electron chi connectivity index (χ0n) is 31.3. The zero-order chi connectivity index (χ0) is 32.0. The first-order chi connectivity index (χ1) is 24.2. The van der Waals surface area contributed by atoms with E-state index < -0.39 is 6.17 Å². The predicted octanol–water partition coefficient (Wildman–Crippen LogP) is 12.8. The molecule has 0 nitrogen and oxygen atoms in total. The minimum atomic E-state index is -0.477. The fourth-order valence-corrected chi connectivity index (χ4v) is 21.3. The van der Waals surface area contributed by atoms with Gasteiger partial charge in [0.2, 0.25) is 0 Å². The molecule has 0 heterocycles. The molecule has 12 aliphatic carbocycles. The van der Waals surface area contributed by atoms with Gasteiger partial charge in [-0.05, 0) is 201 Å². The van der Waals surface area contributed by atoms with E-state index in [0.717, 1.165) is 143 Å². The molecule has 0 bridgehead atoms. The average Bonchev–Trinajstić information content (AvgIpc) is 3.64. The van der Waals surface area contributed by atoms with Crippen LogP contribution in [0.2, 0.25) is 0 Å². The van der Waals surface area contributed by atoms with Crippen molar-refractivity contribution in [1.82, 2.24) is 0 Å². The van der Waals surface area contributed by atoms with Crippen LogP contribution in [0.3, 0.4) is 0 Å². The highest BCUT2D eigenvalue weighted by molar-refractivity contribution is 5.20. The molecule has 21 unspecified atom stereocenters. The Morgan fingerprint density at radius 1 is 0.224 bits per heavy atom. The Balaban J connectivity index is 1.01. The van der Waals surface area contributed by atoms with Gasteiger partial charge in [-0.2, -0.15) is 0 Å². The van der Waals surface area contributed by atoms with Crippen molar-refractivity contribution in [3.8, 4) is 0 Å². The largest absolute Gasteiger partial charge is 0.247 e. The van der Waals surface area contributed by atoms with Gasteiger partial charge in [0.15, 0.2) is 0 Å². The van der Waals surface area contributed by atoms with Crippen LogP contribution in [0.4, 0.5) is 4.39 Å². The lowest BCUT2D eigenvalue weighted by molar-refractivity contribution is -0.162. The molecule has 0 spiro atoms. The molecule has 0 N–H and O–H groups in total. The lowest BCUT2D eigenvalue weighted by Crippen LogP contribution is -2.59. The third-order valence-corrected chi connectivity index (χ3v) is 21.7. The summed E-state index contributed by atoms with van der Waals surface area (Å²) in [5.41, 5.74) is 0. The average molecular weight is 669 g/mol. The molecule has 0 radical (unpaired) electrons. The van der Waals surface area contributed by atoms with Crippen molar-refractivity contribution in [2.24, 2.45) is 130 Å². The monoisotopic (exact) mass is 669 g/mol. The molecular formula is C48H73F. The molecule has 0 aromatic rings. The Kier molecular flexibility index (Phi) is 7.64. The van der Waals surface area contributed by atoms with Crippen LogP contribution in [0.15, 0.2) is 0 Å². The van der Waals surface area contributed by atoms with Gasteiger partial charge in [-0.1, -0.05) is 89.9 Å². The van der Waals surface area contributed by atoms with E-state index in [1.807, 2.05) is 0 Å². The van der Waals surface area contributed by atoms with Gasteiger partial charge in [0.05, 0.1) is 0 Å². The summed E-state index contributed by atoms with van der Waals surface area (Å²) in [5, 5.41) is 0. The Morgan fingerprint density at radius 2 is 0.755 bits per heavy atom. The van der Waals surface area contributed by atoms with Crippen molar-refractivity contribution in [3.05, 3.63) is 0 Å². The molecule has 0 aliphatic heterocycles. The van der Waals surface area contributed by atoms with Crippen LogP contribution in [-0.2, 0) is 0 Å². The van der Waals surface area contributed by atoms with Gasteiger partial charge in [-0.15, -0.1) is 0 Å². The Hall–Kier alpha value is -0.0700. The Morgan fingerprint density at radius 3 is 1.55 bits per heavy atom. The van der Waals surface area contributed by atoms with Crippen molar-refractivity contribution in [1.29, 1.82) is 0 Å². The lowest BCUT2D eigenvalue weighted by Gasteiger charge is -2.64. The van der Waals surface area contributed by atoms with Gasteiger partial charge in [-0.25, -0.2) is 4.39 Å². The van der Waals surface area contributed by atoms with E-state index in [1.165, 1.54) is 32.1 Å². The summed E-state index contributed by atoms with van der Waals surface area (Å²) >= 11 is 0. The standard InChI is InChI=1S/C48H73F/c49-31-20-22-32-36(24-31)33-15-8-16-34-44(33)37(32)25-39-41(26-9-3-1-4-10-26)48-38-23-30-14-7-13-28-17-18-29-19-21-35(46(38)42(29)40(28)30)47(48)43(45(34)39)27-11-5-2-6-12-27/h26-48H,1-25H2. The van der Waals surface area contributed by atoms with Crippen molar-refractivity contribution in [2.45, 2.75) is 167 Å². The van der Waals surface area contributed by atoms with E-state index in [-0.39, 0.29) is 0 Å². The second-order valence-electron chi connectivity index (χ2n) is 22.5. The van der Waals surface area contributed by atoms with E-state index in [2.05, 4.69) is 0 Å². The maximum absolute atomic E-state index is 15.2. The van der Waals surface area contributed by atoms with Crippen LogP contribution >= 0.6 is 0 Å². The molecule has 12 fully saturated rings. The van der Waals surface area contributed by atoms with Crippen LogP contribution in [0.5, 0.6) is 0 Å². The number of hydrogen-bond donors (Lipinski definition) is 0.